The zero-order chi connectivity index (χ0) is 21.0. The second kappa shape index (κ2) is 8.86. The normalized spacial score (nSPS) is 13.3. The van der Waals surface area contributed by atoms with E-state index in [9.17, 15) is 13.2 Å². The molecular formula is C22H29N3O3S. The van der Waals surface area contributed by atoms with Crippen LogP contribution in [0.5, 0.6) is 0 Å². The lowest BCUT2D eigenvalue weighted by molar-refractivity contribution is -0.119. The van der Waals surface area contributed by atoms with Crippen LogP contribution in [-0.4, -0.2) is 46.8 Å². The quantitative estimate of drug-likeness (QED) is 0.673. The van der Waals surface area contributed by atoms with Crippen molar-refractivity contribution in [2.24, 2.45) is 0 Å². The highest BCUT2D eigenvalue weighted by molar-refractivity contribution is 7.92. The van der Waals surface area contributed by atoms with Crippen LogP contribution in [0.4, 0.5) is 11.4 Å². The van der Waals surface area contributed by atoms with Crippen molar-refractivity contribution in [3.05, 3.63) is 59.2 Å². The Kier molecular flexibility index (Phi) is 6.47. The van der Waals surface area contributed by atoms with Crippen LogP contribution in [0.25, 0.3) is 0 Å². The SMILES string of the molecule is Cc1ccc(N(CC(=O)NCCCN2CCc3ccccc32)S(C)(=O)=O)cc1C. The van der Waals surface area contributed by atoms with Crippen molar-refractivity contribution >= 4 is 27.3 Å². The molecule has 156 valence electrons. The maximum Gasteiger partial charge on any atom is 0.240 e. The Morgan fingerprint density at radius 1 is 1.14 bits per heavy atom. The number of benzene rings is 2. The van der Waals surface area contributed by atoms with E-state index in [0.29, 0.717) is 12.2 Å². The van der Waals surface area contributed by atoms with Gasteiger partial charge in [0, 0.05) is 25.3 Å². The lowest BCUT2D eigenvalue weighted by Crippen LogP contribution is -2.41. The molecule has 1 aliphatic rings. The van der Waals surface area contributed by atoms with E-state index in [-0.39, 0.29) is 12.5 Å². The van der Waals surface area contributed by atoms with Gasteiger partial charge in [0.2, 0.25) is 15.9 Å². The Labute approximate surface area is 173 Å². The molecule has 0 bridgehead atoms. The first-order chi connectivity index (χ1) is 13.8. The van der Waals surface area contributed by atoms with Crippen LogP contribution in [0.2, 0.25) is 0 Å². The summed E-state index contributed by atoms with van der Waals surface area (Å²) < 4.78 is 25.6. The first-order valence-electron chi connectivity index (χ1n) is 9.90. The minimum atomic E-state index is -3.56. The maximum absolute atomic E-state index is 12.4. The number of carbonyl (C=O) groups is 1. The fourth-order valence-corrected chi connectivity index (χ4v) is 4.45. The van der Waals surface area contributed by atoms with Crippen molar-refractivity contribution < 1.29 is 13.2 Å². The molecule has 29 heavy (non-hydrogen) atoms. The standard InChI is InChI=1S/C22H29N3O3S/c1-17-9-10-20(15-18(17)2)25(29(3,27)28)16-22(26)23-12-6-13-24-14-11-19-7-4-5-8-21(19)24/h4-5,7-10,15H,6,11-14,16H2,1-3H3,(H,23,26). The van der Waals surface area contributed by atoms with Gasteiger partial charge in [0.1, 0.15) is 6.54 Å². The molecule has 0 aromatic heterocycles. The smallest absolute Gasteiger partial charge is 0.240 e. The van der Waals surface area contributed by atoms with Crippen molar-refractivity contribution in [1.29, 1.82) is 0 Å². The summed E-state index contributed by atoms with van der Waals surface area (Å²) in [7, 11) is -3.56. The molecule has 7 heteroatoms. The molecule has 0 fully saturated rings. The van der Waals surface area contributed by atoms with Gasteiger partial charge in [-0.2, -0.15) is 0 Å². The average molecular weight is 416 g/mol. The van der Waals surface area contributed by atoms with Crippen molar-refractivity contribution in [3.8, 4) is 0 Å². The van der Waals surface area contributed by atoms with Crippen LogP contribution in [0.15, 0.2) is 42.5 Å². The molecule has 0 atom stereocenters. The second-order valence-corrected chi connectivity index (χ2v) is 9.51. The average Bonchev–Trinajstić information content (AvgIpc) is 3.08. The summed E-state index contributed by atoms with van der Waals surface area (Å²) in [6.45, 7) is 6.06. The fourth-order valence-electron chi connectivity index (χ4n) is 3.60. The predicted molar refractivity (Wildman–Crippen MR) is 118 cm³/mol. The molecule has 0 aliphatic carbocycles. The van der Waals surface area contributed by atoms with Crippen molar-refractivity contribution in [2.75, 3.05) is 41.6 Å². The molecule has 6 nitrogen and oxygen atoms in total. The highest BCUT2D eigenvalue weighted by Gasteiger charge is 2.21. The molecule has 0 radical (unpaired) electrons. The summed E-state index contributed by atoms with van der Waals surface area (Å²) in [6, 6.07) is 13.8. The van der Waals surface area contributed by atoms with Gasteiger partial charge in [-0.1, -0.05) is 24.3 Å². The van der Waals surface area contributed by atoms with Crippen molar-refractivity contribution in [2.45, 2.75) is 26.7 Å². The minimum absolute atomic E-state index is 0.214. The molecule has 1 N–H and O–H groups in total. The highest BCUT2D eigenvalue weighted by atomic mass is 32.2. The summed E-state index contributed by atoms with van der Waals surface area (Å²) >= 11 is 0. The Bertz CT molecular complexity index is 989. The van der Waals surface area contributed by atoms with Gasteiger partial charge in [0.15, 0.2) is 0 Å². The second-order valence-electron chi connectivity index (χ2n) is 7.61. The number of aryl methyl sites for hydroxylation is 2. The molecule has 2 aromatic rings. The number of hydrogen-bond acceptors (Lipinski definition) is 4. The molecule has 2 aromatic carbocycles. The number of rotatable bonds is 8. The number of nitrogens with zero attached hydrogens (tertiary/aromatic N) is 2. The molecule has 0 spiro atoms. The number of amides is 1. The van der Waals surface area contributed by atoms with E-state index in [1.807, 2.05) is 26.0 Å². The lowest BCUT2D eigenvalue weighted by atomic mass is 10.1. The van der Waals surface area contributed by atoms with E-state index < -0.39 is 10.0 Å². The number of sulfonamides is 1. The minimum Gasteiger partial charge on any atom is -0.371 e. The zero-order valence-electron chi connectivity index (χ0n) is 17.3. The summed E-state index contributed by atoms with van der Waals surface area (Å²) in [5.41, 5.74) is 5.22. The van der Waals surface area contributed by atoms with E-state index >= 15 is 0 Å². The molecule has 1 aliphatic heterocycles. The third-order valence-electron chi connectivity index (χ3n) is 5.38. The van der Waals surface area contributed by atoms with Crippen LogP contribution in [-0.2, 0) is 21.2 Å². The van der Waals surface area contributed by atoms with Gasteiger partial charge in [-0.3, -0.25) is 9.10 Å². The van der Waals surface area contributed by atoms with E-state index in [1.165, 1.54) is 11.3 Å². The number of fused-ring (bicyclic) bond motifs is 1. The van der Waals surface area contributed by atoms with Gasteiger partial charge in [0.05, 0.1) is 11.9 Å². The van der Waals surface area contributed by atoms with Crippen LogP contribution in [0.3, 0.4) is 0 Å². The fraction of sp³-hybridized carbons (Fsp3) is 0.409. The first kappa shape index (κ1) is 21.2. The third kappa shape index (κ3) is 5.29. The van der Waals surface area contributed by atoms with Gasteiger partial charge in [-0.25, -0.2) is 8.42 Å². The van der Waals surface area contributed by atoms with Crippen LogP contribution in [0.1, 0.15) is 23.1 Å². The first-order valence-corrected chi connectivity index (χ1v) is 11.7. The van der Waals surface area contributed by atoms with Gasteiger partial charge >= 0.3 is 0 Å². The molecule has 0 unspecified atom stereocenters. The largest absolute Gasteiger partial charge is 0.371 e. The number of nitrogens with one attached hydrogen (secondary N) is 1. The van der Waals surface area contributed by atoms with Gasteiger partial charge < -0.3 is 10.2 Å². The van der Waals surface area contributed by atoms with Crippen molar-refractivity contribution in [1.82, 2.24) is 5.32 Å². The topological polar surface area (TPSA) is 69.7 Å². The Morgan fingerprint density at radius 2 is 1.90 bits per heavy atom. The lowest BCUT2D eigenvalue weighted by Gasteiger charge is -2.23. The number of para-hydroxylation sites is 1. The molecule has 0 saturated heterocycles. The van der Waals surface area contributed by atoms with Crippen molar-refractivity contribution in [3.63, 3.8) is 0 Å². The molecular weight excluding hydrogens is 386 g/mol. The Balaban J connectivity index is 1.52. The number of anilines is 2. The van der Waals surface area contributed by atoms with E-state index in [4.69, 9.17) is 0 Å². The van der Waals surface area contributed by atoms with Gasteiger partial charge in [0.25, 0.3) is 0 Å². The summed E-state index contributed by atoms with van der Waals surface area (Å²) in [5.74, 6) is -0.296. The highest BCUT2D eigenvalue weighted by Crippen LogP contribution is 2.27. The Morgan fingerprint density at radius 3 is 2.62 bits per heavy atom. The van der Waals surface area contributed by atoms with Crippen LogP contribution < -0.4 is 14.5 Å². The van der Waals surface area contributed by atoms with E-state index in [0.717, 1.165) is 47.6 Å². The zero-order valence-corrected chi connectivity index (χ0v) is 18.1. The third-order valence-corrected chi connectivity index (χ3v) is 6.52. The van der Waals surface area contributed by atoms with E-state index in [2.05, 4.69) is 28.4 Å². The van der Waals surface area contributed by atoms with Crippen LogP contribution >= 0.6 is 0 Å². The van der Waals surface area contributed by atoms with Gasteiger partial charge in [-0.05, 0) is 61.6 Å². The van der Waals surface area contributed by atoms with Gasteiger partial charge in [-0.15, -0.1) is 0 Å². The number of hydrogen-bond donors (Lipinski definition) is 1. The van der Waals surface area contributed by atoms with Crippen LogP contribution in [0, 0.1) is 13.8 Å². The van der Waals surface area contributed by atoms with E-state index in [1.54, 1.807) is 12.1 Å². The molecule has 3 rings (SSSR count). The maximum atomic E-state index is 12.4. The Hall–Kier alpha value is -2.54. The molecule has 0 saturated carbocycles. The number of carbonyl (C=O) groups excluding carboxylic acids is 1. The summed E-state index contributed by atoms with van der Waals surface area (Å²) in [5, 5.41) is 2.86. The predicted octanol–water partition coefficient (Wildman–Crippen LogP) is 2.64. The molecule has 1 heterocycles. The molecule has 1 amide bonds. The summed E-state index contributed by atoms with van der Waals surface area (Å²) in [6.07, 6.45) is 2.99. The monoisotopic (exact) mass is 415 g/mol. The summed E-state index contributed by atoms with van der Waals surface area (Å²) in [4.78, 5) is 14.7.